The van der Waals surface area contributed by atoms with Crippen molar-refractivity contribution in [2.75, 3.05) is 35.7 Å². The van der Waals surface area contributed by atoms with Gasteiger partial charge < -0.3 is 15.3 Å². The quantitative estimate of drug-likeness (QED) is 0.666. The second-order valence-electron chi connectivity index (χ2n) is 8.98. The molecule has 4 rings (SSSR count). The smallest absolute Gasteiger partial charge is 0.227 e. The minimum atomic E-state index is -0.00685. The van der Waals surface area contributed by atoms with Gasteiger partial charge in [0.1, 0.15) is 5.82 Å². The number of aliphatic hydroxyl groups is 1. The van der Waals surface area contributed by atoms with Crippen LogP contribution in [-0.4, -0.2) is 46.6 Å². The molecule has 0 spiro atoms. The first kappa shape index (κ1) is 21.7. The van der Waals surface area contributed by atoms with Crippen LogP contribution in [0.4, 0.5) is 11.8 Å². The van der Waals surface area contributed by atoms with Gasteiger partial charge in [-0.15, -0.1) is 11.8 Å². The maximum atomic E-state index is 9.78. The van der Waals surface area contributed by atoms with Crippen LogP contribution in [0.3, 0.4) is 0 Å². The van der Waals surface area contributed by atoms with Gasteiger partial charge in [0.2, 0.25) is 5.95 Å². The van der Waals surface area contributed by atoms with E-state index in [1.54, 1.807) is 0 Å². The number of anilines is 2. The number of hydrogen-bond acceptors (Lipinski definition) is 6. The number of piperidine rings is 1. The lowest BCUT2D eigenvalue weighted by atomic mass is 9.74. The van der Waals surface area contributed by atoms with Crippen LogP contribution in [0, 0.1) is 5.92 Å². The molecule has 2 aromatic rings. The molecule has 5 nitrogen and oxygen atoms in total. The topological polar surface area (TPSA) is 61.3 Å². The fourth-order valence-electron chi connectivity index (χ4n) is 4.23. The first-order valence-corrected chi connectivity index (χ1v) is 12.2. The van der Waals surface area contributed by atoms with E-state index in [-0.39, 0.29) is 18.1 Å². The maximum absolute atomic E-state index is 9.78. The lowest BCUT2D eigenvalue weighted by Crippen LogP contribution is -2.42. The lowest BCUT2D eigenvalue weighted by Gasteiger charge is -2.40. The molecule has 0 radical (unpaired) electrons. The first-order chi connectivity index (χ1) is 14.4. The van der Waals surface area contributed by atoms with Crippen LogP contribution < -0.4 is 10.2 Å². The largest absolute Gasteiger partial charge is 0.394 e. The molecule has 1 aromatic carbocycles. The molecule has 1 saturated heterocycles. The summed E-state index contributed by atoms with van der Waals surface area (Å²) in [6.07, 6.45) is 3.09. The molecule has 2 N–H and O–H groups in total. The van der Waals surface area contributed by atoms with E-state index in [0.717, 1.165) is 65.5 Å². The Kier molecular flexibility index (Phi) is 6.47. The molecule has 7 heteroatoms. The molecule has 1 unspecified atom stereocenters. The number of nitrogens with one attached hydrogen (secondary N) is 1. The number of hydrogen-bond donors (Lipinski definition) is 2. The molecule has 3 heterocycles. The summed E-state index contributed by atoms with van der Waals surface area (Å²) < 4.78 is 0. The molecule has 0 bridgehead atoms. The Morgan fingerprint density at radius 2 is 1.90 bits per heavy atom. The van der Waals surface area contributed by atoms with Gasteiger partial charge in [-0.2, -0.15) is 4.98 Å². The van der Waals surface area contributed by atoms with Gasteiger partial charge in [0, 0.05) is 30.3 Å². The number of aromatic nitrogens is 2. The summed E-state index contributed by atoms with van der Waals surface area (Å²) in [6, 6.07) is 8.28. The highest BCUT2D eigenvalue weighted by Gasteiger charge is 2.33. The zero-order chi connectivity index (χ0) is 21.3. The van der Waals surface area contributed by atoms with Gasteiger partial charge in [0.25, 0.3) is 0 Å². The van der Waals surface area contributed by atoms with Crippen LogP contribution in [-0.2, 0) is 11.8 Å². The third-order valence-electron chi connectivity index (χ3n) is 6.52. The summed E-state index contributed by atoms with van der Waals surface area (Å²) in [6.45, 7) is 8.53. The third-order valence-corrected chi connectivity index (χ3v) is 7.90. The summed E-state index contributed by atoms with van der Waals surface area (Å²) in [5, 5.41) is 14.1. The molecule has 0 saturated carbocycles. The predicted octanol–water partition coefficient (Wildman–Crippen LogP) is 4.77. The van der Waals surface area contributed by atoms with Crippen molar-refractivity contribution in [1.82, 2.24) is 9.97 Å². The number of fused-ring (bicyclic) bond motifs is 1. The summed E-state index contributed by atoms with van der Waals surface area (Å²) in [7, 11) is 0. The van der Waals surface area contributed by atoms with Crippen molar-refractivity contribution < 1.29 is 5.11 Å². The average Bonchev–Trinajstić information content (AvgIpc) is 3.21. The van der Waals surface area contributed by atoms with E-state index < -0.39 is 0 Å². The van der Waals surface area contributed by atoms with Crippen LogP contribution in [0.5, 0.6) is 0 Å². The Bertz CT molecular complexity index is 882. The summed E-state index contributed by atoms with van der Waals surface area (Å²) in [4.78, 5) is 13.3. The second kappa shape index (κ2) is 8.93. The van der Waals surface area contributed by atoms with Gasteiger partial charge in [-0.3, -0.25) is 0 Å². The van der Waals surface area contributed by atoms with Gasteiger partial charge in [-0.05, 0) is 41.9 Å². The molecule has 0 aliphatic carbocycles. The monoisotopic (exact) mass is 446 g/mol. The molecule has 162 valence electrons. The predicted molar refractivity (Wildman–Crippen MR) is 126 cm³/mol. The fourth-order valence-corrected chi connectivity index (χ4v) is 5.42. The van der Waals surface area contributed by atoms with E-state index in [2.05, 4.69) is 43.1 Å². The van der Waals surface area contributed by atoms with Crippen molar-refractivity contribution in [2.24, 2.45) is 5.92 Å². The fraction of sp³-hybridized carbons (Fsp3) is 0.565. The highest BCUT2D eigenvalue weighted by Crippen LogP contribution is 2.40. The van der Waals surface area contributed by atoms with Crippen LogP contribution >= 0.6 is 23.4 Å². The van der Waals surface area contributed by atoms with Gasteiger partial charge in [0.15, 0.2) is 0 Å². The van der Waals surface area contributed by atoms with Gasteiger partial charge in [-0.1, -0.05) is 44.5 Å². The normalized spacial score (nSPS) is 19.1. The van der Waals surface area contributed by atoms with E-state index in [1.165, 1.54) is 5.56 Å². The van der Waals surface area contributed by atoms with E-state index in [4.69, 9.17) is 21.6 Å². The van der Waals surface area contributed by atoms with E-state index in [0.29, 0.717) is 5.92 Å². The number of benzene rings is 1. The summed E-state index contributed by atoms with van der Waals surface area (Å²) in [5.74, 6) is 3.07. The molecular formula is C23H31ClN4OS. The Morgan fingerprint density at radius 1 is 1.20 bits per heavy atom. The first-order valence-electron chi connectivity index (χ1n) is 10.8. The number of thioether (sulfide) groups is 1. The molecular weight excluding hydrogens is 416 g/mol. The Morgan fingerprint density at radius 3 is 2.53 bits per heavy atom. The zero-order valence-corrected chi connectivity index (χ0v) is 19.6. The van der Waals surface area contributed by atoms with Crippen LogP contribution in [0.15, 0.2) is 29.2 Å². The maximum Gasteiger partial charge on any atom is 0.227 e. The summed E-state index contributed by atoms with van der Waals surface area (Å²) in [5.41, 5.74) is 2.64. The lowest BCUT2D eigenvalue weighted by molar-refractivity contribution is 0.249. The molecule has 30 heavy (non-hydrogen) atoms. The van der Waals surface area contributed by atoms with Gasteiger partial charge >= 0.3 is 0 Å². The Labute approximate surface area is 188 Å². The molecule has 2 aliphatic rings. The molecule has 1 aromatic heterocycles. The number of halogens is 1. The number of aryl methyl sites for hydroxylation is 1. The van der Waals surface area contributed by atoms with Crippen LogP contribution in [0.1, 0.15) is 44.9 Å². The van der Waals surface area contributed by atoms with Crippen molar-refractivity contribution >= 4 is 35.1 Å². The molecule has 2 aliphatic heterocycles. The van der Waals surface area contributed by atoms with Crippen LogP contribution in [0.25, 0.3) is 0 Å². The minimum Gasteiger partial charge on any atom is -0.394 e. The van der Waals surface area contributed by atoms with Crippen molar-refractivity contribution in [3.05, 3.63) is 40.5 Å². The molecule has 1 atom stereocenters. The van der Waals surface area contributed by atoms with E-state index in [1.807, 2.05) is 23.9 Å². The van der Waals surface area contributed by atoms with E-state index >= 15 is 0 Å². The number of rotatable bonds is 6. The summed E-state index contributed by atoms with van der Waals surface area (Å²) >= 11 is 7.89. The van der Waals surface area contributed by atoms with Crippen molar-refractivity contribution in [3.63, 3.8) is 0 Å². The highest BCUT2D eigenvalue weighted by molar-refractivity contribution is 7.99. The zero-order valence-electron chi connectivity index (χ0n) is 18.0. The second-order valence-corrected chi connectivity index (χ2v) is 10.5. The SMILES string of the molecule is CC(C)C(CO)Nc1nc(N2CCC(C)(c3ccc(Cl)cc3)CC2)nc2c1SCC2. The Hall–Kier alpha value is -1.50. The third kappa shape index (κ3) is 4.41. The number of aliphatic hydroxyl groups excluding tert-OH is 1. The highest BCUT2D eigenvalue weighted by atomic mass is 35.5. The number of nitrogens with zero attached hydrogens (tertiary/aromatic N) is 3. The van der Waals surface area contributed by atoms with Gasteiger partial charge in [0.05, 0.1) is 23.2 Å². The van der Waals surface area contributed by atoms with Crippen molar-refractivity contribution in [1.29, 1.82) is 0 Å². The minimum absolute atomic E-state index is 0.00685. The average molecular weight is 447 g/mol. The van der Waals surface area contributed by atoms with Gasteiger partial charge in [-0.25, -0.2) is 4.98 Å². The van der Waals surface area contributed by atoms with Crippen molar-refractivity contribution in [2.45, 2.75) is 56.4 Å². The van der Waals surface area contributed by atoms with Crippen LogP contribution in [0.2, 0.25) is 5.02 Å². The van der Waals surface area contributed by atoms with Crippen molar-refractivity contribution in [3.8, 4) is 0 Å². The standard InChI is InChI=1S/C23H31ClN4OS/c1-15(2)19(14-29)25-21-20-18(8-13-30-20)26-22(27-21)28-11-9-23(3,10-12-28)16-4-6-17(24)7-5-16/h4-7,15,19,29H,8-14H2,1-3H3,(H,25,26,27). The van der Waals surface area contributed by atoms with E-state index in [9.17, 15) is 5.11 Å². The molecule has 0 amide bonds. The molecule has 1 fully saturated rings. The Balaban J connectivity index is 1.53.